The number of hydrogen-bond donors (Lipinski definition) is 3. The minimum Gasteiger partial charge on any atom is -0.480 e. The van der Waals surface area contributed by atoms with E-state index < -0.39 is 5.97 Å². The molecule has 5 heteroatoms. The van der Waals surface area contributed by atoms with Crippen molar-refractivity contribution in [2.45, 2.75) is 0 Å². The molecule has 0 saturated heterocycles. The molecule has 14 heavy (non-hydrogen) atoms. The van der Waals surface area contributed by atoms with Crippen LogP contribution in [0, 0.1) is 11.3 Å². The lowest BCUT2D eigenvalue weighted by Crippen LogP contribution is -2.13. The Morgan fingerprint density at radius 3 is 2.86 bits per heavy atom. The molecular weight excluding hydrogens is 182 g/mol. The molecule has 0 aromatic heterocycles. The third-order valence-electron chi connectivity index (χ3n) is 1.61. The SMILES string of the molecule is N#Cc1ccc(NCC(=O)O)c(N)c1. The maximum atomic E-state index is 10.3. The van der Waals surface area contributed by atoms with Crippen LogP contribution in [0.15, 0.2) is 18.2 Å². The Kier molecular flexibility index (Phi) is 2.92. The third-order valence-corrected chi connectivity index (χ3v) is 1.61. The lowest BCUT2D eigenvalue weighted by molar-refractivity contribution is -0.134. The van der Waals surface area contributed by atoms with Crippen LogP contribution in [-0.2, 0) is 4.79 Å². The summed E-state index contributed by atoms with van der Waals surface area (Å²) >= 11 is 0. The fourth-order valence-electron chi connectivity index (χ4n) is 0.964. The molecule has 0 spiro atoms. The van der Waals surface area contributed by atoms with Crippen molar-refractivity contribution in [1.29, 1.82) is 5.26 Å². The molecule has 0 aliphatic heterocycles. The summed E-state index contributed by atoms with van der Waals surface area (Å²) in [5, 5.41) is 19.6. The summed E-state index contributed by atoms with van der Waals surface area (Å²) in [6.07, 6.45) is 0. The number of carbonyl (C=O) groups is 1. The van der Waals surface area contributed by atoms with Crippen molar-refractivity contribution in [2.75, 3.05) is 17.6 Å². The van der Waals surface area contributed by atoms with E-state index in [0.717, 1.165) is 0 Å². The van der Waals surface area contributed by atoms with Gasteiger partial charge in [-0.3, -0.25) is 4.79 Å². The van der Waals surface area contributed by atoms with Crippen LogP contribution in [-0.4, -0.2) is 17.6 Å². The molecule has 0 radical (unpaired) electrons. The summed E-state index contributed by atoms with van der Waals surface area (Å²) in [4.78, 5) is 10.3. The predicted octanol–water partition coefficient (Wildman–Crippen LogP) is 0.637. The largest absolute Gasteiger partial charge is 0.480 e. The average Bonchev–Trinajstić information content (AvgIpc) is 2.15. The van der Waals surface area contributed by atoms with Crippen molar-refractivity contribution in [3.63, 3.8) is 0 Å². The molecule has 0 atom stereocenters. The lowest BCUT2D eigenvalue weighted by atomic mass is 10.2. The van der Waals surface area contributed by atoms with Gasteiger partial charge in [0, 0.05) is 0 Å². The summed E-state index contributed by atoms with van der Waals surface area (Å²) in [7, 11) is 0. The number of nitrogen functional groups attached to an aromatic ring is 1. The summed E-state index contributed by atoms with van der Waals surface area (Å²) in [6, 6.07) is 6.58. The smallest absolute Gasteiger partial charge is 0.322 e. The van der Waals surface area contributed by atoms with Gasteiger partial charge in [-0.25, -0.2) is 0 Å². The zero-order valence-corrected chi connectivity index (χ0v) is 7.32. The van der Waals surface area contributed by atoms with E-state index in [4.69, 9.17) is 16.1 Å². The van der Waals surface area contributed by atoms with Crippen LogP contribution >= 0.6 is 0 Å². The summed E-state index contributed by atoms with van der Waals surface area (Å²) < 4.78 is 0. The average molecular weight is 191 g/mol. The number of anilines is 2. The Labute approximate surface area is 80.8 Å². The number of rotatable bonds is 3. The number of carboxylic acids is 1. The molecule has 0 unspecified atom stereocenters. The Morgan fingerprint density at radius 1 is 1.64 bits per heavy atom. The third kappa shape index (κ3) is 2.38. The molecule has 0 aliphatic carbocycles. The van der Waals surface area contributed by atoms with E-state index in [0.29, 0.717) is 16.9 Å². The molecule has 0 fully saturated rings. The first-order valence-electron chi connectivity index (χ1n) is 3.89. The Bertz CT molecular complexity index is 396. The lowest BCUT2D eigenvalue weighted by Gasteiger charge is -2.06. The van der Waals surface area contributed by atoms with Crippen molar-refractivity contribution < 1.29 is 9.90 Å². The van der Waals surface area contributed by atoms with Gasteiger partial charge in [-0.1, -0.05) is 0 Å². The van der Waals surface area contributed by atoms with Crippen molar-refractivity contribution in [3.05, 3.63) is 23.8 Å². The van der Waals surface area contributed by atoms with E-state index in [2.05, 4.69) is 5.32 Å². The second kappa shape index (κ2) is 4.14. The first kappa shape index (κ1) is 9.86. The van der Waals surface area contributed by atoms with E-state index in [1.165, 1.54) is 6.07 Å². The van der Waals surface area contributed by atoms with Crippen molar-refractivity contribution in [1.82, 2.24) is 0 Å². The molecule has 1 aromatic carbocycles. The van der Waals surface area contributed by atoms with Crippen LogP contribution in [0.5, 0.6) is 0 Å². The van der Waals surface area contributed by atoms with Gasteiger partial charge in [0.15, 0.2) is 0 Å². The zero-order chi connectivity index (χ0) is 10.6. The summed E-state index contributed by atoms with van der Waals surface area (Å²) in [5.41, 5.74) is 6.91. The highest BCUT2D eigenvalue weighted by molar-refractivity contribution is 5.76. The van der Waals surface area contributed by atoms with Crippen LogP contribution in [0.2, 0.25) is 0 Å². The first-order chi connectivity index (χ1) is 6.63. The van der Waals surface area contributed by atoms with Gasteiger partial charge in [0.25, 0.3) is 0 Å². The van der Waals surface area contributed by atoms with Crippen LogP contribution in [0.25, 0.3) is 0 Å². The van der Waals surface area contributed by atoms with Crippen molar-refractivity contribution >= 4 is 17.3 Å². The van der Waals surface area contributed by atoms with Gasteiger partial charge in [0.05, 0.1) is 23.0 Å². The molecule has 0 aliphatic rings. The number of hydrogen-bond acceptors (Lipinski definition) is 4. The van der Waals surface area contributed by atoms with E-state index in [1.807, 2.05) is 6.07 Å². The number of nitrogens with two attached hydrogens (primary N) is 1. The van der Waals surface area contributed by atoms with E-state index in [1.54, 1.807) is 12.1 Å². The Balaban J connectivity index is 2.80. The highest BCUT2D eigenvalue weighted by Gasteiger charge is 2.01. The first-order valence-corrected chi connectivity index (χ1v) is 3.89. The highest BCUT2D eigenvalue weighted by atomic mass is 16.4. The molecule has 0 bridgehead atoms. The van der Waals surface area contributed by atoms with Crippen LogP contribution in [0.3, 0.4) is 0 Å². The van der Waals surface area contributed by atoms with Crippen LogP contribution in [0.1, 0.15) is 5.56 Å². The summed E-state index contributed by atoms with van der Waals surface area (Å²) in [5.74, 6) is -0.964. The van der Waals surface area contributed by atoms with E-state index in [-0.39, 0.29) is 6.54 Å². The highest BCUT2D eigenvalue weighted by Crippen LogP contribution is 2.18. The molecule has 4 N–H and O–H groups in total. The van der Waals surface area contributed by atoms with Crippen LogP contribution in [0.4, 0.5) is 11.4 Å². The fourth-order valence-corrected chi connectivity index (χ4v) is 0.964. The Morgan fingerprint density at radius 2 is 2.36 bits per heavy atom. The molecular formula is C9H9N3O2. The molecule has 1 aromatic rings. The van der Waals surface area contributed by atoms with Gasteiger partial charge in [-0.05, 0) is 18.2 Å². The van der Waals surface area contributed by atoms with Gasteiger partial charge in [0.2, 0.25) is 0 Å². The van der Waals surface area contributed by atoms with Crippen LogP contribution < -0.4 is 11.1 Å². The second-order valence-corrected chi connectivity index (χ2v) is 2.66. The predicted molar refractivity (Wildman–Crippen MR) is 51.7 cm³/mol. The maximum Gasteiger partial charge on any atom is 0.322 e. The topological polar surface area (TPSA) is 99.1 Å². The Hall–Kier alpha value is -2.22. The number of nitrogens with zero attached hydrogens (tertiary/aromatic N) is 1. The van der Waals surface area contributed by atoms with E-state index >= 15 is 0 Å². The standard InChI is InChI=1S/C9H9N3O2/c10-4-6-1-2-8(7(11)3-6)12-5-9(13)14/h1-3,12H,5,11H2,(H,13,14). The molecule has 0 amide bonds. The molecule has 1 rings (SSSR count). The normalized spacial score (nSPS) is 9.07. The molecule has 72 valence electrons. The number of nitrogens with one attached hydrogen (secondary N) is 1. The van der Waals surface area contributed by atoms with Crippen molar-refractivity contribution in [3.8, 4) is 6.07 Å². The molecule has 0 saturated carbocycles. The van der Waals surface area contributed by atoms with Gasteiger partial charge in [0.1, 0.15) is 6.54 Å². The maximum absolute atomic E-state index is 10.3. The monoisotopic (exact) mass is 191 g/mol. The summed E-state index contributed by atoms with van der Waals surface area (Å²) in [6.45, 7) is -0.198. The van der Waals surface area contributed by atoms with Gasteiger partial charge in [-0.2, -0.15) is 5.26 Å². The number of benzene rings is 1. The van der Waals surface area contributed by atoms with Crippen molar-refractivity contribution in [2.24, 2.45) is 0 Å². The fraction of sp³-hybridized carbons (Fsp3) is 0.111. The number of aliphatic carboxylic acids is 1. The van der Waals surface area contributed by atoms with Gasteiger partial charge < -0.3 is 16.2 Å². The quantitative estimate of drug-likeness (QED) is 0.609. The zero-order valence-electron chi connectivity index (χ0n) is 7.32. The van der Waals surface area contributed by atoms with Gasteiger partial charge >= 0.3 is 5.97 Å². The number of carboxylic acid groups (broad SMARTS) is 1. The molecule has 5 nitrogen and oxygen atoms in total. The second-order valence-electron chi connectivity index (χ2n) is 2.66. The van der Waals surface area contributed by atoms with Gasteiger partial charge in [-0.15, -0.1) is 0 Å². The van der Waals surface area contributed by atoms with E-state index in [9.17, 15) is 4.79 Å². The molecule has 0 heterocycles. The number of nitriles is 1. The minimum absolute atomic E-state index is 0.198. The minimum atomic E-state index is -0.964.